The molecule has 1 aliphatic rings. The Kier molecular flexibility index (Phi) is 4.54. The monoisotopic (exact) mass is 233 g/mol. The second-order valence-electron chi connectivity index (χ2n) is 3.89. The molecule has 17 heavy (non-hydrogen) atoms. The molecule has 0 N–H and O–H groups in total. The third kappa shape index (κ3) is 2.98. The number of amides is 2. The first-order chi connectivity index (χ1) is 8.13. The summed E-state index contributed by atoms with van der Waals surface area (Å²) in [6, 6.07) is 1.90. The zero-order valence-electron chi connectivity index (χ0n) is 9.85. The minimum atomic E-state index is -0.357. The summed E-state index contributed by atoms with van der Waals surface area (Å²) in [5, 5.41) is 8.62. The summed E-state index contributed by atoms with van der Waals surface area (Å²) >= 11 is 0. The Morgan fingerprint density at radius 2 is 2.35 bits per heavy atom. The van der Waals surface area contributed by atoms with E-state index in [9.17, 15) is 9.59 Å². The smallest absolute Gasteiger partial charge is 0.229 e. The lowest BCUT2D eigenvalue weighted by Gasteiger charge is -2.20. The van der Waals surface area contributed by atoms with E-state index in [1.54, 1.807) is 4.90 Å². The van der Waals surface area contributed by atoms with Crippen LogP contribution in [0.15, 0.2) is 0 Å². The number of nitrogens with zero attached hydrogens (tertiary/aromatic N) is 3. The first-order valence-corrected chi connectivity index (χ1v) is 5.51. The fourth-order valence-corrected chi connectivity index (χ4v) is 1.91. The van der Waals surface area contributed by atoms with Gasteiger partial charge < -0.3 is 9.80 Å². The number of hydrogen-bond acceptors (Lipinski definition) is 3. The van der Waals surface area contributed by atoms with E-state index in [2.05, 4.69) is 5.92 Å². The predicted octanol–water partition coefficient (Wildman–Crippen LogP) is -0.160. The largest absolute Gasteiger partial charge is 0.342 e. The van der Waals surface area contributed by atoms with E-state index >= 15 is 0 Å². The molecule has 0 bridgehead atoms. The molecule has 0 radical (unpaired) electrons. The topological polar surface area (TPSA) is 64.4 Å². The van der Waals surface area contributed by atoms with Crippen LogP contribution in [-0.2, 0) is 9.59 Å². The van der Waals surface area contributed by atoms with Crippen molar-refractivity contribution in [2.24, 2.45) is 5.92 Å². The lowest BCUT2D eigenvalue weighted by Crippen LogP contribution is -2.38. The molecule has 1 saturated heterocycles. The van der Waals surface area contributed by atoms with Gasteiger partial charge in [-0.2, -0.15) is 5.26 Å². The fourth-order valence-electron chi connectivity index (χ4n) is 1.91. The Morgan fingerprint density at radius 3 is 2.82 bits per heavy atom. The number of likely N-dealkylation sites (tertiary alicyclic amines) is 1. The lowest BCUT2D eigenvalue weighted by atomic mass is 10.1. The summed E-state index contributed by atoms with van der Waals surface area (Å²) in [7, 11) is 0. The third-order valence-corrected chi connectivity index (χ3v) is 2.80. The van der Waals surface area contributed by atoms with Gasteiger partial charge in [-0.3, -0.25) is 9.59 Å². The van der Waals surface area contributed by atoms with Crippen LogP contribution in [0.5, 0.6) is 0 Å². The zero-order valence-corrected chi connectivity index (χ0v) is 9.85. The van der Waals surface area contributed by atoms with E-state index in [0.717, 1.165) is 0 Å². The molecule has 1 rings (SSSR count). The molecule has 1 atom stereocenters. The maximum Gasteiger partial charge on any atom is 0.229 e. The quantitative estimate of drug-likeness (QED) is 0.500. The number of carbonyl (C=O) groups is 2. The predicted molar refractivity (Wildman–Crippen MR) is 61.4 cm³/mol. The van der Waals surface area contributed by atoms with Crippen molar-refractivity contribution in [2.45, 2.75) is 13.3 Å². The van der Waals surface area contributed by atoms with Crippen LogP contribution in [-0.4, -0.2) is 47.8 Å². The lowest BCUT2D eigenvalue weighted by molar-refractivity contribution is -0.134. The van der Waals surface area contributed by atoms with Crippen LogP contribution >= 0.6 is 0 Å². The van der Waals surface area contributed by atoms with Crippen LogP contribution in [0.4, 0.5) is 0 Å². The van der Waals surface area contributed by atoms with Crippen molar-refractivity contribution >= 4 is 11.8 Å². The van der Waals surface area contributed by atoms with Crippen molar-refractivity contribution in [2.75, 3.05) is 26.2 Å². The average molecular weight is 233 g/mol. The molecule has 0 saturated carbocycles. The van der Waals surface area contributed by atoms with Crippen LogP contribution in [0.25, 0.3) is 0 Å². The van der Waals surface area contributed by atoms with Crippen molar-refractivity contribution < 1.29 is 9.59 Å². The summed E-state index contributed by atoms with van der Waals surface area (Å²) < 4.78 is 0. The molecule has 90 valence electrons. The molecule has 0 unspecified atom stereocenters. The molecule has 1 aliphatic heterocycles. The van der Waals surface area contributed by atoms with Gasteiger partial charge in [0.25, 0.3) is 0 Å². The van der Waals surface area contributed by atoms with Gasteiger partial charge in [-0.05, 0) is 6.92 Å². The fraction of sp³-hybridized carbons (Fsp3) is 0.583. The number of rotatable bonds is 4. The summed E-state index contributed by atoms with van der Waals surface area (Å²) in [5.74, 6) is 1.78. The standard InChI is InChI=1S/C12H15N3O2/c1-3-6-15(7-5-13)12(17)10-8-11(16)14(4-2)9-10/h1,10H,4,6-9H2,2H3/t10-/m0/s1. The molecular formula is C12H15N3O2. The normalized spacial score (nSPS) is 18.6. The van der Waals surface area contributed by atoms with Gasteiger partial charge in [0.1, 0.15) is 6.54 Å². The molecule has 0 aromatic carbocycles. The Bertz CT molecular complexity index is 376. The Morgan fingerprint density at radius 1 is 1.65 bits per heavy atom. The molecule has 2 amide bonds. The maximum absolute atomic E-state index is 12.0. The van der Waals surface area contributed by atoms with Crippen molar-refractivity contribution in [3.63, 3.8) is 0 Å². The van der Waals surface area contributed by atoms with Gasteiger partial charge in [0, 0.05) is 19.5 Å². The van der Waals surface area contributed by atoms with Crippen LogP contribution in [0.2, 0.25) is 0 Å². The van der Waals surface area contributed by atoms with Crippen LogP contribution in [0, 0.1) is 29.6 Å². The number of carbonyl (C=O) groups excluding carboxylic acids is 2. The summed E-state index contributed by atoms with van der Waals surface area (Å²) in [6.45, 7) is 3.00. The molecule has 0 aromatic rings. The molecular weight excluding hydrogens is 218 g/mol. The molecule has 5 nitrogen and oxygen atoms in total. The Balaban J connectivity index is 2.67. The van der Waals surface area contributed by atoms with Crippen molar-refractivity contribution in [1.82, 2.24) is 9.80 Å². The average Bonchev–Trinajstić information content (AvgIpc) is 2.69. The minimum absolute atomic E-state index is 0.0107. The number of nitriles is 1. The van der Waals surface area contributed by atoms with E-state index < -0.39 is 0 Å². The van der Waals surface area contributed by atoms with Crippen LogP contribution in [0.1, 0.15) is 13.3 Å². The first kappa shape index (κ1) is 13.1. The molecule has 0 aromatic heterocycles. The van der Waals surface area contributed by atoms with Gasteiger partial charge in [-0.1, -0.05) is 5.92 Å². The molecule has 1 fully saturated rings. The minimum Gasteiger partial charge on any atom is -0.342 e. The zero-order chi connectivity index (χ0) is 12.8. The van der Waals surface area contributed by atoms with E-state index in [-0.39, 0.29) is 37.2 Å². The third-order valence-electron chi connectivity index (χ3n) is 2.80. The number of hydrogen-bond donors (Lipinski definition) is 0. The van der Waals surface area contributed by atoms with Crippen molar-refractivity contribution in [1.29, 1.82) is 5.26 Å². The second kappa shape index (κ2) is 5.91. The highest BCUT2D eigenvalue weighted by molar-refractivity contribution is 5.89. The van der Waals surface area contributed by atoms with Gasteiger partial charge in [-0.25, -0.2) is 0 Å². The van der Waals surface area contributed by atoms with E-state index in [1.807, 2.05) is 13.0 Å². The van der Waals surface area contributed by atoms with Gasteiger partial charge >= 0.3 is 0 Å². The van der Waals surface area contributed by atoms with Crippen molar-refractivity contribution in [3.8, 4) is 18.4 Å². The SMILES string of the molecule is C#CCN(CC#N)C(=O)[C@H]1CC(=O)N(CC)C1. The van der Waals surface area contributed by atoms with E-state index in [1.165, 1.54) is 4.90 Å². The first-order valence-electron chi connectivity index (χ1n) is 5.51. The molecule has 0 spiro atoms. The highest BCUT2D eigenvalue weighted by atomic mass is 16.2. The molecule has 1 heterocycles. The van der Waals surface area contributed by atoms with Gasteiger partial charge in [0.15, 0.2) is 0 Å². The number of terminal acetylenes is 1. The Labute approximate surface area is 101 Å². The van der Waals surface area contributed by atoms with E-state index in [0.29, 0.717) is 13.1 Å². The summed E-state index contributed by atoms with van der Waals surface area (Å²) in [6.07, 6.45) is 5.37. The summed E-state index contributed by atoms with van der Waals surface area (Å²) in [5.41, 5.74) is 0. The van der Waals surface area contributed by atoms with Crippen LogP contribution < -0.4 is 0 Å². The molecule has 5 heteroatoms. The van der Waals surface area contributed by atoms with E-state index in [4.69, 9.17) is 11.7 Å². The van der Waals surface area contributed by atoms with Crippen molar-refractivity contribution in [3.05, 3.63) is 0 Å². The second-order valence-corrected chi connectivity index (χ2v) is 3.89. The van der Waals surface area contributed by atoms with Gasteiger partial charge in [0.2, 0.25) is 11.8 Å². The highest BCUT2D eigenvalue weighted by Crippen LogP contribution is 2.19. The van der Waals surface area contributed by atoms with Gasteiger partial charge in [0.05, 0.1) is 18.5 Å². The molecule has 0 aliphatic carbocycles. The van der Waals surface area contributed by atoms with Gasteiger partial charge in [-0.15, -0.1) is 6.42 Å². The van der Waals surface area contributed by atoms with Crippen LogP contribution in [0.3, 0.4) is 0 Å². The Hall–Kier alpha value is -2.01. The highest BCUT2D eigenvalue weighted by Gasteiger charge is 2.35. The summed E-state index contributed by atoms with van der Waals surface area (Å²) in [4.78, 5) is 26.5. The maximum atomic E-state index is 12.0.